The second kappa shape index (κ2) is 6.17. The van der Waals surface area contributed by atoms with Gasteiger partial charge in [0.25, 0.3) is 5.91 Å². The van der Waals surface area contributed by atoms with E-state index in [1.165, 1.54) is 18.3 Å². The van der Waals surface area contributed by atoms with E-state index in [1.54, 1.807) is 47.5 Å². The van der Waals surface area contributed by atoms with Crippen molar-refractivity contribution >= 4 is 11.6 Å². The number of hydrogen-bond acceptors (Lipinski definition) is 3. The Kier molecular flexibility index (Phi) is 3.91. The monoisotopic (exact) mass is 296 g/mol. The van der Waals surface area contributed by atoms with Crippen LogP contribution >= 0.6 is 0 Å². The molecule has 0 spiro atoms. The number of nitrogens with one attached hydrogen (secondary N) is 1. The molecule has 0 aliphatic rings. The molecule has 2 heterocycles. The fourth-order valence-electron chi connectivity index (χ4n) is 1.99. The molecule has 110 valence electrons. The number of benzene rings is 1. The number of nitrogens with zero attached hydrogens (tertiary/aromatic N) is 3. The molecule has 0 atom stereocenters. The first kappa shape index (κ1) is 13.9. The lowest BCUT2D eigenvalue weighted by Gasteiger charge is -2.02. The van der Waals surface area contributed by atoms with E-state index in [2.05, 4.69) is 15.4 Å². The van der Waals surface area contributed by atoms with Gasteiger partial charge in [0.15, 0.2) is 0 Å². The lowest BCUT2D eigenvalue weighted by molar-refractivity contribution is 0.102. The van der Waals surface area contributed by atoms with Crippen molar-refractivity contribution in [1.82, 2.24) is 14.8 Å². The van der Waals surface area contributed by atoms with Gasteiger partial charge in [0.1, 0.15) is 5.82 Å². The molecule has 0 unspecified atom stereocenters. The van der Waals surface area contributed by atoms with Gasteiger partial charge in [-0.05, 0) is 29.8 Å². The number of carbonyl (C=O) groups is 1. The Labute approximate surface area is 126 Å². The molecule has 3 rings (SSSR count). The van der Waals surface area contributed by atoms with Crippen molar-refractivity contribution in [1.29, 1.82) is 0 Å². The highest BCUT2D eigenvalue weighted by molar-refractivity contribution is 6.03. The van der Waals surface area contributed by atoms with Gasteiger partial charge in [-0.2, -0.15) is 5.10 Å². The fraction of sp³-hybridized carbons (Fsp3) is 0.0625. The standard InChI is InChI=1S/C16H13FN4O/c17-14-5-3-12(4-6-14)10-21-11-15(9-19-21)20-16(22)13-2-1-7-18-8-13/h1-9,11H,10H2,(H,20,22). The lowest BCUT2D eigenvalue weighted by atomic mass is 10.2. The molecule has 0 fully saturated rings. The molecule has 1 amide bonds. The summed E-state index contributed by atoms with van der Waals surface area (Å²) in [7, 11) is 0. The Morgan fingerprint density at radius 3 is 2.73 bits per heavy atom. The summed E-state index contributed by atoms with van der Waals surface area (Å²) in [5.41, 5.74) is 2.00. The smallest absolute Gasteiger partial charge is 0.257 e. The van der Waals surface area contributed by atoms with Gasteiger partial charge in [-0.15, -0.1) is 0 Å². The highest BCUT2D eigenvalue weighted by Gasteiger charge is 2.07. The van der Waals surface area contributed by atoms with Crippen molar-refractivity contribution in [3.05, 3.63) is 78.1 Å². The predicted octanol–water partition coefficient (Wildman–Crippen LogP) is 2.72. The van der Waals surface area contributed by atoms with E-state index in [0.717, 1.165) is 5.56 Å². The van der Waals surface area contributed by atoms with Gasteiger partial charge in [0, 0.05) is 18.6 Å². The van der Waals surface area contributed by atoms with Crippen LogP contribution in [0.2, 0.25) is 0 Å². The number of pyridine rings is 1. The van der Waals surface area contributed by atoms with Gasteiger partial charge >= 0.3 is 0 Å². The zero-order chi connectivity index (χ0) is 15.4. The summed E-state index contributed by atoms with van der Waals surface area (Å²) in [6, 6.07) is 9.60. The highest BCUT2D eigenvalue weighted by atomic mass is 19.1. The number of hydrogen-bond donors (Lipinski definition) is 1. The zero-order valence-electron chi connectivity index (χ0n) is 11.6. The molecule has 0 bridgehead atoms. The first-order valence-electron chi connectivity index (χ1n) is 6.69. The molecule has 1 aromatic carbocycles. The SMILES string of the molecule is O=C(Nc1cnn(Cc2ccc(F)cc2)c1)c1cccnc1. The Hall–Kier alpha value is -3.02. The molecule has 22 heavy (non-hydrogen) atoms. The molecule has 5 nitrogen and oxygen atoms in total. The minimum Gasteiger partial charge on any atom is -0.319 e. The summed E-state index contributed by atoms with van der Waals surface area (Å²) in [5.74, 6) is -0.511. The number of amides is 1. The summed E-state index contributed by atoms with van der Waals surface area (Å²) < 4.78 is 14.5. The maximum Gasteiger partial charge on any atom is 0.257 e. The van der Waals surface area contributed by atoms with Crippen LogP contribution in [0.4, 0.5) is 10.1 Å². The summed E-state index contributed by atoms with van der Waals surface area (Å²) in [6.45, 7) is 0.503. The Balaban J connectivity index is 1.66. The lowest BCUT2D eigenvalue weighted by Crippen LogP contribution is -2.11. The highest BCUT2D eigenvalue weighted by Crippen LogP contribution is 2.10. The fourth-order valence-corrected chi connectivity index (χ4v) is 1.99. The van der Waals surface area contributed by atoms with E-state index in [1.807, 2.05) is 0 Å². The predicted molar refractivity (Wildman–Crippen MR) is 79.9 cm³/mol. The van der Waals surface area contributed by atoms with Crippen LogP contribution in [-0.2, 0) is 6.54 Å². The van der Waals surface area contributed by atoms with Crippen molar-refractivity contribution in [2.75, 3.05) is 5.32 Å². The molecule has 1 N–H and O–H groups in total. The number of halogens is 1. The molecule has 0 aliphatic heterocycles. The summed E-state index contributed by atoms with van der Waals surface area (Å²) >= 11 is 0. The van der Waals surface area contributed by atoms with Gasteiger partial charge in [0.2, 0.25) is 0 Å². The van der Waals surface area contributed by atoms with Gasteiger partial charge in [-0.1, -0.05) is 12.1 Å². The van der Waals surface area contributed by atoms with Crippen LogP contribution < -0.4 is 5.32 Å². The normalized spacial score (nSPS) is 10.4. The van der Waals surface area contributed by atoms with Crippen LogP contribution in [0.25, 0.3) is 0 Å². The molecule has 2 aromatic heterocycles. The number of carbonyl (C=O) groups excluding carboxylic acids is 1. The van der Waals surface area contributed by atoms with E-state index in [-0.39, 0.29) is 11.7 Å². The van der Waals surface area contributed by atoms with Gasteiger partial charge in [-0.3, -0.25) is 14.5 Å². The first-order chi connectivity index (χ1) is 10.7. The zero-order valence-corrected chi connectivity index (χ0v) is 11.6. The third kappa shape index (κ3) is 3.35. The maximum absolute atomic E-state index is 12.9. The molecule has 0 aliphatic carbocycles. The topological polar surface area (TPSA) is 59.8 Å². The molecule has 6 heteroatoms. The van der Waals surface area contributed by atoms with Crippen molar-refractivity contribution in [2.24, 2.45) is 0 Å². The third-order valence-electron chi connectivity index (χ3n) is 3.07. The second-order valence-corrected chi connectivity index (χ2v) is 4.75. The minimum atomic E-state index is -0.270. The van der Waals surface area contributed by atoms with Crippen molar-refractivity contribution < 1.29 is 9.18 Å². The van der Waals surface area contributed by atoms with Gasteiger partial charge < -0.3 is 5.32 Å². The van der Waals surface area contributed by atoms with Crippen LogP contribution in [0.1, 0.15) is 15.9 Å². The summed E-state index contributed by atoms with van der Waals surface area (Å²) in [6.07, 6.45) is 6.39. The van der Waals surface area contributed by atoms with Crippen molar-refractivity contribution in [3.63, 3.8) is 0 Å². The summed E-state index contributed by atoms with van der Waals surface area (Å²) in [4.78, 5) is 15.9. The minimum absolute atomic E-state index is 0.241. The van der Waals surface area contributed by atoms with E-state index in [9.17, 15) is 9.18 Å². The van der Waals surface area contributed by atoms with Crippen LogP contribution in [0.5, 0.6) is 0 Å². The van der Waals surface area contributed by atoms with Crippen LogP contribution in [0.15, 0.2) is 61.2 Å². The van der Waals surface area contributed by atoms with Crippen molar-refractivity contribution in [2.45, 2.75) is 6.54 Å². The first-order valence-corrected chi connectivity index (χ1v) is 6.69. The quantitative estimate of drug-likeness (QED) is 0.805. The Morgan fingerprint density at radius 2 is 2.00 bits per heavy atom. The van der Waals surface area contributed by atoms with Crippen LogP contribution in [-0.4, -0.2) is 20.7 Å². The average molecular weight is 296 g/mol. The van der Waals surface area contributed by atoms with Crippen LogP contribution in [0.3, 0.4) is 0 Å². The van der Waals surface area contributed by atoms with Crippen LogP contribution in [0, 0.1) is 5.82 Å². The molecule has 0 saturated carbocycles. The Morgan fingerprint density at radius 1 is 1.18 bits per heavy atom. The van der Waals surface area contributed by atoms with E-state index >= 15 is 0 Å². The molecule has 3 aromatic rings. The van der Waals surface area contributed by atoms with Crippen molar-refractivity contribution in [3.8, 4) is 0 Å². The third-order valence-corrected chi connectivity index (χ3v) is 3.07. The van der Waals surface area contributed by atoms with E-state index < -0.39 is 0 Å². The Bertz CT molecular complexity index is 768. The number of aromatic nitrogens is 3. The molecular formula is C16H13FN4O. The number of rotatable bonds is 4. The van der Waals surface area contributed by atoms with Gasteiger partial charge in [0.05, 0.1) is 24.0 Å². The maximum atomic E-state index is 12.9. The average Bonchev–Trinajstić information content (AvgIpc) is 2.97. The van der Waals surface area contributed by atoms with Gasteiger partial charge in [-0.25, -0.2) is 4.39 Å². The molecule has 0 saturated heterocycles. The van der Waals surface area contributed by atoms with E-state index in [4.69, 9.17) is 0 Å². The molecule has 0 radical (unpaired) electrons. The largest absolute Gasteiger partial charge is 0.319 e. The number of anilines is 1. The second-order valence-electron chi connectivity index (χ2n) is 4.75. The molecular weight excluding hydrogens is 283 g/mol. The summed E-state index contributed by atoms with van der Waals surface area (Å²) in [5, 5.41) is 6.92. The van der Waals surface area contributed by atoms with E-state index in [0.29, 0.717) is 17.8 Å².